The lowest BCUT2D eigenvalue weighted by Gasteiger charge is -2.40. The third-order valence-corrected chi connectivity index (χ3v) is 6.32. The van der Waals surface area contributed by atoms with Crippen molar-refractivity contribution in [2.24, 2.45) is 0 Å². The largest absolute Gasteiger partial charge is 0.497 e. The summed E-state index contributed by atoms with van der Waals surface area (Å²) in [5.41, 5.74) is 2.29. The van der Waals surface area contributed by atoms with Gasteiger partial charge in [-0.3, -0.25) is 9.59 Å². The number of carbonyl (C=O) groups excluding carboxylic acids is 2. The van der Waals surface area contributed by atoms with Crippen LogP contribution in [0.5, 0.6) is 5.75 Å². The first-order valence-electron chi connectivity index (χ1n) is 11.5. The number of carbonyl (C=O) groups is 2. The topological polar surface area (TPSA) is 61.9 Å². The standard InChI is InChI=1S/C26H35N3O3/c1-5-7-17-29(6-2)18-16-27-25(30)23-21-10-8-9-11-22(21)26(31)28(3)24(23)19-12-14-20(32-4)15-13-19/h8-15,23-24H,5-7,16-18H2,1-4H3,(H,27,30)/t23-,24+/m1/s1. The van der Waals surface area contributed by atoms with Gasteiger partial charge in [-0.25, -0.2) is 0 Å². The Morgan fingerprint density at radius 2 is 1.81 bits per heavy atom. The Bertz CT molecular complexity index is 913. The first-order valence-corrected chi connectivity index (χ1v) is 11.5. The minimum atomic E-state index is -0.479. The van der Waals surface area contributed by atoms with Crippen LogP contribution in [0.4, 0.5) is 0 Å². The fourth-order valence-corrected chi connectivity index (χ4v) is 4.43. The molecule has 0 saturated heterocycles. The molecule has 1 heterocycles. The lowest BCUT2D eigenvalue weighted by Crippen LogP contribution is -2.46. The van der Waals surface area contributed by atoms with Gasteiger partial charge in [0.25, 0.3) is 5.91 Å². The molecule has 0 spiro atoms. The number of benzene rings is 2. The zero-order valence-electron chi connectivity index (χ0n) is 19.6. The highest BCUT2D eigenvalue weighted by Gasteiger charge is 2.42. The van der Waals surface area contributed by atoms with Gasteiger partial charge in [-0.1, -0.05) is 50.6 Å². The van der Waals surface area contributed by atoms with Crippen LogP contribution in [0, 0.1) is 0 Å². The summed E-state index contributed by atoms with van der Waals surface area (Å²) in [6.07, 6.45) is 2.32. The van der Waals surface area contributed by atoms with Crippen LogP contribution in [-0.4, -0.2) is 62.0 Å². The normalized spacial score (nSPS) is 17.9. The second kappa shape index (κ2) is 11.1. The van der Waals surface area contributed by atoms with Crippen molar-refractivity contribution in [3.63, 3.8) is 0 Å². The summed E-state index contributed by atoms with van der Waals surface area (Å²) in [5, 5.41) is 3.15. The number of methoxy groups -OCH3 is 1. The number of nitrogens with zero attached hydrogens (tertiary/aromatic N) is 2. The van der Waals surface area contributed by atoms with E-state index in [-0.39, 0.29) is 17.9 Å². The van der Waals surface area contributed by atoms with E-state index in [0.29, 0.717) is 12.1 Å². The summed E-state index contributed by atoms with van der Waals surface area (Å²) in [5.74, 6) is 0.144. The SMILES string of the molecule is CCCCN(CC)CCNC(=O)[C@@H]1c2ccccc2C(=O)N(C)[C@H]1c1ccc(OC)cc1. The highest BCUT2D eigenvalue weighted by molar-refractivity contribution is 6.01. The molecule has 0 aliphatic carbocycles. The van der Waals surface area contributed by atoms with Crippen LogP contribution >= 0.6 is 0 Å². The molecule has 6 nitrogen and oxygen atoms in total. The third-order valence-electron chi connectivity index (χ3n) is 6.32. The summed E-state index contributed by atoms with van der Waals surface area (Å²) in [6, 6.07) is 14.7. The first-order chi connectivity index (χ1) is 15.5. The number of hydrogen-bond acceptors (Lipinski definition) is 4. The molecule has 0 bridgehead atoms. The third kappa shape index (κ3) is 5.13. The van der Waals surface area contributed by atoms with Crippen molar-refractivity contribution in [1.29, 1.82) is 0 Å². The Labute approximate surface area is 191 Å². The summed E-state index contributed by atoms with van der Waals surface area (Å²) in [6.45, 7) is 7.75. The van der Waals surface area contributed by atoms with Gasteiger partial charge in [0, 0.05) is 25.7 Å². The van der Waals surface area contributed by atoms with Crippen LogP contribution in [-0.2, 0) is 4.79 Å². The number of ether oxygens (including phenoxy) is 1. The van der Waals surface area contributed by atoms with Crippen LogP contribution in [0.2, 0.25) is 0 Å². The molecule has 2 amide bonds. The molecule has 6 heteroatoms. The van der Waals surface area contributed by atoms with Crippen LogP contribution in [0.25, 0.3) is 0 Å². The minimum absolute atomic E-state index is 0.0517. The van der Waals surface area contributed by atoms with E-state index >= 15 is 0 Å². The van der Waals surface area contributed by atoms with Crippen molar-refractivity contribution in [3.8, 4) is 5.75 Å². The Morgan fingerprint density at radius 3 is 2.47 bits per heavy atom. The van der Waals surface area contributed by atoms with E-state index in [1.807, 2.05) is 48.5 Å². The number of hydrogen-bond donors (Lipinski definition) is 1. The molecule has 172 valence electrons. The highest BCUT2D eigenvalue weighted by atomic mass is 16.5. The second-order valence-electron chi connectivity index (χ2n) is 8.28. The Hall–Kier alpha value is -2.86. The van der Waals surface area contributed by atoms with E-state index in [1.165, 1.54) is 0 Å². The van der Waals surface area contributed by atoms with E-state index in [1.54, 1.807) is 19.1 Å². The monoisotopic (exact) mass is 437 g/mol. The minimum Gasteiger partial charge on any atom is -0.497 e. The molecule has 1 N–H and O–H groups in total. The lowest BCUT2D eigenvalue weighted by molar-refractivity contribution is -0.124. The van der Waals surface area contributed by atoms with Gasteiger partial charge in [0.15, 0.2) is 0 Å². The lowest BCUT2D eigenvalue weighted by atomic mass is 9.79. The van der Waals surface area contributed by atoms with Crippen LogP contribution < -0.4 is 10.1 Å². The van der Waals surface area contributed by atoms with Crippen molar-refractivity contribution < 1.29 is 14.3 Å². The molecule has 1 aliphatic heterocycles. The molecule has 2 aromatic carbocycles. The molecule has 3 rings (SSSR count). The number of unbranched alkanes of at least 4 members (excludes halogenated alkanes) is 1. The fraction of sp³-hybridized carbons (Fsp3) is 0.462. The van der Waals surface area contributed by atoms with Gasteiger partial charge in [-0.05, 0) is 48.8 Å². The molecule has 32 heavy (non-hydrogen) atoms. The molecule has 0 fully saturated rings. The summed E-state index contributed by atoms with van der Waals surface area (Å²) in [7, 11) is 3.40. The molecular formula is C26H35N3O3. The molecule has 1 aliphatic rings. The van der Waals surface area contributed by atoms with Gasteiger partial charge in [0.05, 0.1) is 19.1 Å². The highest BCUT2D eigenvalue weighted by Crippen LogP contribution is 2.42. The number of amides is 2. The van der Waals surface area contributed by atoms with Gasteiger partial charge in [0.1, 0.15) is 5.75 Å². The molecule has 2 aromatic rings. The first kappa shape index (κ1) is 23.8. The van der Waals surface area contributed by atoms with E-state index in [4.69, 9.17) is 4.74 Å². The van der Waals surface area contributed by atoms with E-state index in [0.717, 1.165) is 49.4 Å². The maximum absolute atomic E-state index is 13.5. The second-order valence-corrected chi connectivity index (χ2v) is 8.28. The van der Waals surface area contributed by atoms with Crippen LogP contribution in [0.3, 0.4) is 0 Å². The molecule has 0 radical (unpaired) electrons. The Kier molecular flexibility index (Phi) is 8.28. The predicted octanol–water partition coefficient (Wildman–Crippen LogP) is 3.84. The van der Waals surface area contributed by atoms with E-state index in [9.17, 15) is 9.59 Å². The van der Waals surface area contributed by atoms with Crippen molar-refractivity contribution in [2.45, 2.75) is 38.6 Å². The molecular weight excluding hydrogens is 402 g/mol. The average molecular weight is 438 g/mol. The summed E-state index contributed by atoms with van der Waals surface area (Å²) in [4.78, 5) is 30.7. The number of rotatable bonds is 10. The maximum Gasteiger partial charge on any atom is 0.254 e. The van der Waals surface area contributed by atoms with Crippen molar-refractivity contribution >= 4 is 11.8 Å². The molecule has 2 atom stereocenters. The number of nitrogens with one attached hydrogen (secondary N) is 1. The number of fused-ring (bicyclic) bond motifs is 1. The van der Waals surface area contributed by atoms with Gasteiger partial charge in [-0.15, -0.1) is 0 Å². The summed E-state index contributed by atoms with van der Waals surface area (Å²) < 4.78 is 5.28. The van der Waals surface area contributed by atoms with Crippen LogP contribution in [0.15, 0.2) is 48.5 Å². The van der Waals surface area contributed by atoms with Crippen molar-refractivity contribution in [1.82, 2.24) is 15.1 Å². The van der Waals surface area contributed by atoms with Gasteiger partial charge < -0.3 is 19.9 Å². The zero-order chi connectivity index (χ0) is 23.1. The van der Waals surface area contributed by atoms with Gasteiger partial charge in [0.2, 0.25) is 5.91 Å². The zero-order valence-corrected chi connectivity index (χ0v) is 19.6. The van der Waals surface area contributed by atoms with Gasteiger partial charge in [-0.2, -0.15) is 0 Å². The predicted molar refractivity (Wildman–Crippen MR) is 127 cm³/mol. The Morgan fingerprint density at radius 1 is 1.09 bits per heavy atom. The summed E-state index contributed by atoms with van der Waals surface area (Å²) >= 11 is 0. The molecule has 0 aromatic heterocycles. The van der Waals surface area contributed by atoms with E-state index in [2.05, 4.69) is 24.1 Å². The van der Waals surface area contributed by atoms with E-state index < -0.39 is 5.92 Å². The molecule has 0 unspecified atom stereocenters. The average Bonchev–Trinajstić information content (AvgIpc) is 2.83. The van der Waals surface area contributed by atoms with Crippen molar-refractivity contribution in [3.05, 3.63) is 65.2 Å². The smallest absolute Gasteiger partial charge is 0.254 e. The van der Waals surface area contributed by atoms with Gasteiger partial charge >= 0.3 is 0 Å². The number of likely N-dealkylation sites (N-methyl/N-ethyl adjacent to an activating group) is 2. The fourth-order valence-electron chi connectivity index (χ4n) is 4.43. The Balaban J connectivity index is 1.86. The quantitative estimate of drug-likeness (QED) is 0.613. The van der Waals surface area contributed by atoms with Crippen LogP contribution in [0.1, 0.15) is 60.1 Å². The van der Waals surface area contributed by atoms with Crippen molar-refractivity contribution in [2.75, 3.05) is 40.3 Å². The maximum atomic E-state index is 13.5. The molecule has 0 saturated carbocycles.